The summed E-state index contributed by atoms with van der Waals surface area (Å²) in [7, 11) is 1.59. The molecular weight excluding hydrogens is 290 g/mol. The smallest absolute Gasteiger partial charge is 0.399 e. The van der Waals surface area contributed by atoms with E-state index in [4.69, 9.17) is 19.0 Å². The van der Waals surface area contributed by atoms with E-state index in [1.807, 2.05) is 0 Å². The Labute approximate surface area is 106 Å². The van der Waals surface area contributed by atoms with Crippen LogP contribution < -0.4 is 9.47 Å². The third-order valence-corrected chi connectivity index (χ3v) is 2.65. The molecule has 0 radical (unpaired) electrons. The Bertz CT molecular complexity index is 512. The highest BCUT2D eigenvalue weighted by atomic mass is 79.9. The molecule has 2 rings (SSSR count). The number of aromatic nitrogens is 1. The lowest BCUT2D eigenvalue weighted by Crippen LogP contribution is -1.88. The van der Waals surface area contributed by atoms with Gasteiger partial charge in [0.05, 0.1) is 18.2 Å². The Balaban J connectivity index is 2.18. The van der Waals surface area contributed by atoms with E-state index in [9.17, 15) is 0 Å². The first-order valence-corrected chi connectivity index (χ1v) is 5.59. The van der Waals surface area contributed by atoms with Crippen molar-refractivity contribution < 1.29 is 19.0 Å². The zero-order chi connectivity index (χ0) is 12.3. The van der Waals surface area contributed by atoms with Gasteiger partial charge in [-0.1, -0.05) is 0 Å². The summed E-state index contributed by atoms with van der Waals surface area (Å²) >= 11 is 3.35. The Morgan fingerprint density at radius 1 is 1.47 bits per heavy atom. The van der Waals surface area contributed by atoms with Crippen LogP contribution in [0.3, 0.4) is 0 Å². The molecule has 90 valence electrons. The molecule has 0 atom stereocenters. The number of methoxy groups -OCH3 is 1. The molecule has 0 fully saturated rings. The molecule has 0 saturated carbocycles. The van der Waals surface area contributed by atoms with E-state index < -0.39 is 0 Å². The summed E-state index contributed by atoms with van der Waals surface area (Å²) < 4.78 is 16.2. The Morgan fingerprint density at radius 3 is 2.88 bits per heavy atom. The van der Waals surface area contributed by atoms with Crippen molar-refractivity contribution in [2.45, 2.75) is 6.61 Å². The number of ether oxygens (including phenoxy) is 2. The van der Waals surface area contributed by atoms with Gasteiger partial charge >= 0.3 is 6.08 Å². The SMILES string of the molecule is COc1ccc(Oc2nc(CO)co2)c(Br)c1. The first kappa shape index (κ1) is 11.9. The average Bonchev–Trinajstić information content (AvgIpc) is 2.79. The molecule has 1 aromatic heterocycles. The Morgan fingerprint density at radius 2 is 2.29 bits per heavy atom. The molecule has 0 spiro atoms. The molecule has 6 heteroatoms. The molecule has 1 N–H and O–H groups in total. The maximum absolute atomic E-state index is 8.84. The summed E-state index contributed by atoms with van der Waals surface area (Å²) in [5, 5.41) is 8.84. The van der Waals surface area contributed by atoms with Crippen LogP contribution in [0.15, 0.2) is 33.4 Å². The molecule has 17 heavy (non-hydrogen) atoms. The molecule has 0 aliphatic carbocycles. The first-order valence-electron chi connectivity index (χ1n) is 4.79. The van der Waals surface area contributed by atoms with Gasteiger partial charge in [0.2, 0.25) is 0 Å². The van der Waals surface area contributed by atoms with E-state index in [1.165, 1.54) is 6.26 Å². The van der Waals surface area contributed by atoms with Crippen LogP contribution in [0, 0.1) is 0 Å². The number of oxazole rings is 1. The van der Waals surface area contributed by atoms with Crippen molar-refractivity contribution in [3.05, 3.63) is 34.6 Å². The Hall–Kier alpha value is -1.53. The van der Waals surface area contributed by atoms with Crippen LogP contribution in [0.4, 0.5) is 0 Å². The number of rotatable bonds is 4. The van der Waals surface area contributed by atoms with Crippen molar-refractivity contribution in [3.8, 4) is 17.6 Å². The van der Waals surface area contributed by atoms with Gasteiger partial charge in [-0.3, -0.25) is 0 Å². The van der Waals surface area contributed by atoms with Gasteiger partial charge in [-0.25, -0.2) is 0 Å². The van der Waals surface area contributed by atoms with E-state index >= 15 is 0 Å². The lowest BCUT2D eigenvalue weighted by molar-refractivity contribution is 0.276. The standard InChI is InChI=1S/C11H10BrNO4/c1-15-8-2-3-10(9(12)4-8)17-11-13-7(5-14)6-16-11/h2-4,6,14H,5H2,1H3. The summed E-state index contributed by atoms with van der Waals surface area (Å²) in [5.41, 5.74) is 0.421. The van der Waals surface area contributed by atoms with Gasteiger partial charge in [0, 0.05) is 0 Å². The summed E-state index contributed by atoms with van der Waals surface area (Å²) in [6, 6.07) is 5.26. The van der Waals surface area contributed by atoms with Crippen LogP contribution in [0.1, 0.15) is 5.69 Å². The van der Waals surface area contributed by atoms with Crippen molar-refractivity contribution in [2.24, 2.45) is 0 Å². The van der Waals surface area contributed by atoms with Crippen LogP contribution in [0.2, 0.25) is 0 Å². The monoisotopic (exact) mass is 299 g/mol. The third kappa shape index (κ3) is 2.78. The second kappa shape index (κ2) is 5.20. The summed E-state index contributed by atoms with van der Waals surface area (Å²) in [6.45, 7) is -0.184. The number of halogens is 1. The van der Waals surface area contributed by atoms with Gasteiger partial charge in [-0.15, -0.1) is 0 Å². The molecule has 5 nitrogen and oxygen atoms in total. The largest absolute Gasteiger partial charge is 0.497 e. The van der Waals surface area contributed by atoms with Crippen LogP contribution in [0.5, 0.6) is 17.6 Å². The topological polar surface area (TPSA) is 64.7 Å². The predicted octanol–water partition coefficient (Wildman–Crippen LogP) is 2.73. The highest BCUT2D eigenvalue weighted by Crippen LogP contribution is 2.32. The molecule has 0 aliphatic rings. The van der Waals surface area contributed by atoms with Crippen LogP contribution >= 0.6 is 15.9 Å². The highest BCUT2D eigenvalue weighted by molar-refractivity contribution is 9.10. The maximum Gasteiger partial charge on any atom is 0.399 e. The fourth-order valence-corrected chi connectivity index (χ4v) is 1.63. The zero-order valence-electron chi connectivity index (χ0n) is 9.01. The highest BCUT2D eigenvalue weighted by Gasteiger charge is 2.09. The van der Waals surface area contributed by atoms with Crippen LogP contribution in [-0.2, 0) is 6.61 Å². The van der Waals surface area contributed by atoms with Crippen LogP contribution in [0.25, 0.3) is 0 Å². The van der Waals surface area contributed by atoms with Crippen molar-refractivity contribution >= 4 is 15.9 Å². The second-order valence-corrected chi connectivity index (χ2v) is 4.02. The second-order valence-electron chi connectivity index (χ2n) is 3.16. The molecule has 2 aromatic rings. The number of nitrogens with zero attached hydrogens (tertiary/aromatic N) is 1. The third-order valence-electron chi connectivity index (χ3n) is 2.03. The minimum atomic E-state index is -0.184. The number of aliphatic hydroxyl groups excluding tert-OH is 1. The molecule has 0 amide bonds. The minimum absolute atomic E-state index is 0.0833. The van der Waals surface area contributed by atoms with Gasteiger partial charge in [0.25, 0.3) is 0 Å². The normalized spacial score (nSPS) is 10.3. The van der Waals surface area contributed by atoms with E-state index in [-0.39, 0.29) is 12.7 Å². The zero-order valence-corrected chi connectivity index (χ0v) is 10.6. The maximum atomic E-state index is 8.84. The lowest BCUT2D eigenvalue weighted by Gasteiger charge is -2.05. The van der Waals surface area contributed by atoms with Gasteiger partial charge in [0.15, 0.2) is 0 Å². The van der Waals surface area contributed by atoms with E-state index in [2.05, 4.69) is 20.9 Å². The van der Waals surface area contributed by atoms with Gasteiger partial charge < -0.3 is 19.0 Å². The van der Waals surface area contributed by atoms with E-state index in [1.54, 1.807) is 25.3 Å². The fourth-order valence-electron chi connectivity index (χ4n) is 1.19. The average molecular weight is 300 g/mol. The van der Waals surface area contributed by atoms with E-state index in [0.29, 0.717) is 17.2 Å². The summed E-state index contributed by atoms with van der Waals surface area (Å²) in [6.07, 6.45) is 1.42. The minimum Gasteiger partial charge on any atom is -0.497 e. The molecule has 0 aliphatic heterocycles. The number of hydrogen-bond donors (Lipinski definition) is 1. The molecular formula is C11H10BrNO4. The van der Waals surface area contributed by atoms with Crippen molar-refractivity contribution in [1.82, 2.24) is 4.98 Å². The Kier molecular flexibility index (Phi) is 3.65. The van der Waals surface area contributed by atoms with Crippen LogP contribution in [-0.4, -0.2) is 17.2 Å². The van der Waals surface area contributed by atoms with Crippen molar-refractivity contribution in [3.63, 3.8) is 0 Å². The predicted molar refractivity (Wildman–Crippen MR) is 63.2 cm³/mol. The van der Waals surface area contributed by atoms with Gasteiger partial charge in [-0.2, -0.15) is 4.98 Å². The molecule has 1 aromatic carbocycles. The number of hydrogen-bond acceptors (Lipinski definition) is 5. The molecule has 1 heterocycles. The van der Waals surface area contributed by atoms with Crippen molar-refractivity contribution in [2.75, 3.05) is 7.11 Å². The molecule has 0 saturated heterocycles. The molecule has 0 unspecified atom stereocenters. The summed E-state index contributed by atoms with van der Waals surface area (Å²) in [5.74, 6) is 1.27. The lowest BCUT2D eigenvalue weighted by atomic mass is 10.3. The quantitative estimate of drug-likeness (QED) is 0.940. The number of benzene rings is 1. The number of aliphatic hydroxyl groups is 1. The van der Waals surface area contributed by atoms with Crippen molar-refractivity contribution in [1.29, 1.82) is 0 Å². The van der Waals surface area contributed by atoms with Gasteiger partial charge in [-0.05, 0) is 34.1 Å². The molecule has 0 bridgehead atoms. The fraction of sp³-hybridized carbons (Fsp3) is 0.182. The van der Waals surface area contributed by atoms with Gasteiger partial charge in [0.1, 0.15) is 23.5 Å². The summed E-state index contributed by atoms with van der Waals surface area (Å²) in [4.78, 5) is 3.92. The first-order chi connectivity index (χ1) is 8.22. The van der Waals surface area contributed by atoms with E-state index in [0.717, 1.165) is 4.47 Å².